The second-order valence-electron chi connectivity index (χ2n) is 9.17. The van der Waals surface area contributed by atoms with Gasteiger partial charge in [0, 0.05) is 42.9 Å². The van der Waals surface area contributed by atoms with Crippen molar-refractivity contribution in [2.75, 3.05) is 43.5 Å². The molecular weight excluding hydrogens is 497 g/mol. The predicted molar refractivity (Wildman–Crippen MR) is 142 cm³/mol. The first kappa shape index (κ1) is 25.4. The van der Waals surface area contributed by atoms with Crippen LogP contribution in [0.15, 0.2) is 48.8 Å². The van der Waals surface area contributed by atoms with Crippen LogP contribution in [-0.2, 0) is 9.53 Å². The highest BCUT2D eigenvalue weighted by Gasteiger charge is 2.20. The number of hydrogen-bond acceptors (Lipinski definition) is 7. The molecule has 5 rings (SSSR count). The number of nitrogens with zero attached hydrogens (tertiary/aromatic N) is 3. The van der Waals surface area contributed by atoms with Gasteiger partial charge in [0.2, 0.25) is 5.91 Å². The van der Waals surface area contributed by atoms with Gasteiger partial charge in [0.05, 0.1) is 35.5 Å². The van der Waals surface area contributed by atoms with E-state index in [1.807, 2.05) is 12.1 Å². The van der Waals surface area contributed by atoms with Gasteiger partial charge in [-0.3, -0.25) is 9.69 Å². The molecule has 10 heteroatoms. The molecule has 0 atom stereocenters. The summed E-state index contributed by atoms with van der Waals surface area (Å²) >= 11 is 5.95. The van der Waals surface area contributed by atoms with E-state index in [0.29, 0.717) is 53.6 Å². The van der Waals surface area contributed by atoms with Crippen LogP contribution in [0.4, 0.5) is 21.6 Å². The first-order valence-corrected chi connectivity index (χ1v) is 12.9. The molecular formula is C27H29ClFN5O3. The van der Waals surface area contributed by atoms with Crippen LogP contribution in [0.1, 0.15) is 25.7 Å². The summed E-state index contributed by atoms with van der Waals surface area (Å²) < 4.78 is 25.3. The van der Waals surface area contributed by atoms with Gasteiger partial charge in [0.15, 0.2) is 0 Å². The first-order chi connectivity index (χ1) is 18.0. The minimum Gasteiger partial charge on any atom is -0.488 e. The molecule has 194 valence electrons. The zero-order chi connectivity index (χ0) is 25.6. The highest BCUT2D eigenvalue weighted by molar-refractivity contribution is 6.31. The van der Waals surface area contributed by atoms with Gasteiger partial charge in [0.1, 0.15) is 23.7 Å². The number of halogens is 2. The number of fused-ring (bicyclic) bond motifs is 1. The molecule has 0 spiro atoms. The van der Waals surface area contributed by atoms with Crippen LogP contribution in [0.2, 0.25) is 5.02 Å². The molecule has 1 aliphatic carbocycles. The molecule has 1 amide bonds. The van der Waals surface area contributed by atoms with Crippen LogP contribution in [0.25, 0.3) is 10.9 Å². The van der Waals surface area contributed by atoms with Gasteiger partial charge in [-0.25, -0.2) is 14.4 Å². The van der Waals surface area contributed by atoms with Crippen LogP contribution < -0.4 is 15.4 Å². The van der Waals surface area contributed by atoms with E-state index in [4.69, 9.17) is 21.1 Å². The van der Waals surface area contributed by atoms with Gasteiger partial charge in [-0.15, -0.1) is 0 Å². The van der Waals surface area contributed by atoms with E-state index < -0.39 is 5.82 Å². The van der Waals surface area contributed by atoms with Crippen LogP contribution in [-0.4, -0.2) is 59.7 Å². The number of nitrogens with one attached hydrogen (secondary N) is 2. The van der Waals surface area contributed by atoms with E-state index in [0.717, 1.165) is 38.8 Å². The maximum atomic E-state index is 13.6. The van der Waals surface area contributed by atoms with Crippen molar-refractivity contribution in [2.24, 2.45) is 0 Å². The summed E-state index contributed by atoms with van der Waals surface area (Å²) in [5.41, 5.74) is 1.77. The van der Waals surface area contributed by atoms with Crippen molar-refractivity contribution in [3.8, 4) is 5.75 Å². The fourth-order valence-electron chi connectivity index (χ4n) is 4.54. The number of hydrogen-bond donors (Lipinski definition) is 2. The molecule has 2 heterocycles. The van der Waals surface area contributed by atoms with E-state index in [9.17, 15) is 9.18 Å². The molecule has 2 fully saturated rings. The molecule has 0 bridgehead atoms. The van der Waals surface area contributed by atoms with Gasteiger partial charge in [0.25, 0.3) is 0 Å². The SMILES string of the molecule is O=C(C=CCN1CCOCC1)Nc1cc2c(Nc3ccc(F)c(Cl)c3)ncnc2cc1OC1CCCC1. The number of carbonyl (C=O) groups excluding carboxylic acids is 1. The number of carbonyl (C=O) groups is 1. The average molecular weight is 526 g/mol. The Morgan fingerprint density at radius 3 is 2.78 bits per heavy atom. The summed E-state index contributed by atoms with van der Waals surface area (Å²) in [6, 6.07) is 7.99. The summed E-state index contributed by atoms with van der Waals surface area (Å²) in [5.74, 6) is 0.322. The van der Waals surface area contributed by atoms with Crippen molar-refractivity contribution in [3.63, 3.8) is 0 Å². The number of rotatable bonds is 8. The van der Waals surface area contributed by atoms with E-state index in [2.05, 4.69) is 25.5 Å². The molecule has 2 N–H and O–H groups in total. The van der Waals surface area contributed by atoms with Crippen LogP contribution in [0.3, 0.4) is 0 Å². The summed E-state index contributed by atoms with van der Waals surface area (Å²) in [6.07, 6.45) is 9.15. The first-order valence-electron chi connectivity index (χ1n) is 12.5. The van der Waals surface area contributed by atoms with Crippen LogP contribution in [0, 0.1) is 5.82 Å². The largest absolute Gasteiger partial charge is 0.488 e. The van der Waals surface area contributed by atoms with E-state index in [-0.39, 0.29) is 17.0 Å². The second-order valence-corrected chi connectivity index (χ2v) is 9.58. The van der Waals surface area contributed by atoms with Crippen molar-refractivity contribution in [2.45, 2.75) is 31.8 Å². The molecule has 1 saturated heterocycles. The van der Waals surface area contributed by atoms with Crippen molar-refractivity contribution in [3.05, 3.63) is 59.7 Å². The highest BCUT2D eigenvalue weighted by Crippen LogP contribution is 2.36. The topological polar surface area (TPSA) is 88.6 Å². The fourth-order valence-corrected chi connectivity index (χ4v) is 4.72. The van der Waals surface area contributed by atoms with E-state index >= 15 is 0 Å². The summed E-state index contributed by atoms with van der Waals surface area (Å²) in [4.78, 5) is 23.8. The Morgan fingerprint density at radius 2 is 2.00 bits per heavy atom. The smallest absolute Gasteiger partial charge is 0.248 e. The molecule has 3 aromatic rings. The van der Waals surface area contributed by atoms with Gasteiger partial charge in [-0.1, -0.05) is 17.7 Å². The molecule has 8 nitrogen and oxygen atoms in total. The number of benzene rings is 2. The van der Waals surface area contributed by atoms with Gasteiger partial charge >= 0.3 is 0 Å². The van der Waals surface area contributed by atoms with Gasteiger partial charge in [-0.2, -0.15) is 0 Å². The number of anilines is 3. The van der Waals surface area contributed by atoms with Crippen molar-refractivity contribution < 1.29 is 18.7 Å². The molecule has 0 unspecified atom stereocenters. The molecule has 0 radical (unpaired) electrons. The Bertz CT molecular complexity index is 1290. The molecule has 2 aliphatic rings. The number of amides is 1. The Morgan fingerprint density at radius 1 is 1.19 bits per heavy atom. The fraction of sp³-hybridized carbons (Fsp3) is 0.370. The Balaban J connectivity index is 1.41. The lowest BCUT2D eigenvalue weighted by atomic mass is 10.1. The third-order valence-electron chi connectivity index (χ3n) is 6.51. The molecule has 1 saturated carbocycles. The van der Waals surface area contributed by atoms with E-state index in [1.165, 1.54) is 18.5 Å². The molecule has 1 aliphatic heterocycles. The Kier molecular flexibility index (Phi) is 8.13. The second kappa shape index (κ2) is 11.9. The summed E-state index contributed by atoms with van der Waals surface area (Å²) in [7, 11) is 0. The molecule has 1 aromatic heterocycles. The van der Waals surface area contributed by atoms with Gasteiger partial charge in [-0.05, 0) is 49.9 Å². The third-order valence-corrected chi connectivity index (χ3v) is 6.80. The van der Waals surface area contributed by atoms with E-state index in [1.54, 1.807) is 18.2 Å². The molecule has 2 aromatic carbocycles. The Labute approximate surface area is 219 Å². The quantitative estimate of drug-likeness (QED) is 0.385. The normalized spacial score (nSPS) is 16.9. The lowest BCUT2D eigenvalue weighted by Gasteiger charge is -2.25. The van der Waals surface area contributed by atoms with Crippen molar-refractivity contribution in [1.29, 1.82) is 0 Å². The monoisotopic (exact) mass is 525 g/mol. The predicted octanol–water partition coefficient (Wildman–Crippen LogP) is 5.31. The third kappa shape index (κ3) is 6.54. The summed E-state index contributed by atoms with van der Waals surface area (Å²) in [6.45, 7) is 3.81. The lowest BCUT2D eigenvalue weighted by Crippen LogP contribution is -2.36. The van der Waals surface area contributed by atoms with Crippen molar-refractivity contribution in [1.82, 2.24) is 14.9 Å². The zero-order valence-electron chi connectivity index (χ0n) is 20.4. The van der Waals surface area contributed by atoms with Crippen LogP contribution in [0.5, 0.6) is 5.75 Å². The maximum absolute atomic E-state index is 13.6. The highest BCUT2D eigenvalue weighted by atomic mass is 35.5. The number of morpholine rings is 1. The van der Waals surface area contributed by atoms with Crippen LogP contribution >= 0.6 is 11.6 Å². The minimum atomic E-state index is -0.500. The number of aromatic nitrogens is 2. The average Bonchev–Trinajstić information content (AvgIpc) is 3.41. The zero-order valence-corrected chi connectivity index (χ0v) is 21.1. The minimum absolute atomic E-state index is 0.00688. The standard InChI is InChI=1S/C27H29ClFN5O3/c28-21-14-18(7-8-22(21)29)32-27-20-15-24(33-26(35)6-3-9-34-10-12-36-13-11-34)25(16-23(20)30-17-31-27)37-19-4-1-2-5-19/h3,6-8,14-17,19H,1-2,4-5,9-13H2,(H,33,35)(H,30,31,32). The summed E-state index contributed by atoms with van der Waals surface area (Å²) in [5, 5.41) is 6.83. The molecule has 37 heavy (non-hydrogen) atoms. The van der Waals surface area contributed by atoms with Crippen molar-refractivity contribution >= 4 is 45.6 Å². The maximum Gasteiger partial charge on any atom is 0.248 e. The lowest BCUT2D eigenvalue weighted by molar-refractivity contribution is -0.111. The number of ether oxygens (including phenoxy) is 2. The van der Waals surface area contributed by atoms with Gasteiger partial charge < -0.3 is 20.1 Å². The Hall–Kier alpha value is -3.27.